The van der Waals surface area contributed by atoms with Crippen molar-refractivity contribution in [2.45, 2.75) is 38.0 Å². The topological polar surface area (TPSA) is 47.0 Å². The zero-order valence-electron chi connectivity index (χ0n) is 11.7. The maximum Gasteiger partial charge on any atom is 0.133 e. The molecule has 4 nitrogen and oxygen atoms in total. The van der Waals surface area contributed by atoms with E-state index in [1.807, 2.05) is 7.05 Å². The maximum absolute atomic E-state index is 5.54. The first-order valence-electron chi connectivity index (χ1n) is 7.44. The van der Waals surface area contributed by atoms with Crippen LogP contribution in [0.4, 0.5) is 0 Å². The smallest absolute Gasteiger partial charge is 0.133 e. The number of rotatable bonds is 3. The molecule has 1 saturated heterocycles. The second-order valence-corrected chi connectivity index (χ2v) is 5.78. The van der Waals surface area contributed by atoms with Gasteiger partial charge in [0, 0.05) is 24.4 Å². The minimum absolute atomic E-state index is 0.411. The summed E-state index contributed by atoms with van der Waals surface area (Å²) in [5, 5.41) is 3.27. The predicted octanol–water partition coefficient (Wildman–Crippen LogP) is 1.69. The van der Waals surface area contributed by atoms with Gasteiger partial charge in [-0.1, -0.05) is 0 Å². The number of nitrogens with zero attached hydrogens (tertiary/aromatic N) is 2. The predicted molar refractivity (Wildman–Crippen MR) is 74.3 cm³/mol. The third-order valence-electron chi connectivity index (χ3n) is 4.29. The molecule has 2 atom stereocenters. The van der Waals surface area contributed by atoms with Crippen molar-refractivity contribution in [1.29, 1.82) is 0 Å². The quantitative estimate of drug-likeness (QED) is 0.899. The molecule has 0 bridgehead atoms. The first kappa shape index (κ1) is 13.0. The van der Waals surface area contributed by atoms with Crippen LogP contribution in [0.2, 0.25) is 0 Å². The minimum atomic E-state index is 0.411. The molecule has 0 saturated carbocycles. The Kier molecular flexibility index (Phi) is 4.09. The lowest BCUT2D eigenvalue weighted by atomic mass is 9.87. The Hall–Kier alpha value is -1.00. The standard InChI is InChI=1S/C15H23N3O/c1-16-8-11-4-5-14-13(7-11)9-17-15(18-14)12-3-2-6-19-10-12/h9,11-12,16H,2-8,10H2,1H3. The van der Waals surface area contributed by atoms with Crippen LogP contribution in [-0.4, -0.2) is 36.8 Å². The van der Waals surface area contributed by atoms with E-state index in [2.05, 4.69) is 16.5 Å². The third kappa shape index (κ3) is 2.95. The van der Waals surface area contributed by atoms with E-state index >= 15 is 0 Å². The number of aryl methyl sites for hydroxylation is 1. The first-order chi connectivity index (χ1) is 9.36. The van der Waals surface area contributed by atoms with Gasteiger partial charge in [-0.25, -0.2) is 9.97 Å². The van der Waals surface area contributed by atoms with E-state index in [9.17, 15) is 0 Å². The second-order valence-electron chi connectivity index (χ2n) is 5.78. The van der Waals surface area contributed by atoms with Gasteiger partial charge in [0.05, 0.1) is 6.61 Å². The summed E-state index contributed by atoms with van der Waals surface area (Å²) in [5.41, 5.74) is 2.63. The highest BCUT2D eigenvalue weighted by molar-refractivity contribution is 5.22. The molecule has 1 aliphatic heterocycles. The number of hydrogen-bond acceptors (Lipinski definition) is 4. The van der Waals surface area contributed by atoms with Crippen LogP contribution in [-0.2, 0) is 17.6 Å². The van der Waals surface area contributed by atoms with Gasteiger partial charge in [0.2, 0.25) is 0 Å². The molecule has 0 spiro atoms. The van der Waals surface area contributed by atoms with Crippen molar-refractivity contribution in [3.63, 3.8) is 0 Å². The van der Waals surface area contributed by atoms with E-state index in [4.69, 9.17) is 9.72 Å². The van der Waals surface area contributed by atoms with Gasteiger partial charge >= 0.3 is 0 Å². The van der Waals surface area contributed by atoms with Gasteiger partial charge in [-0.3, -0.25) is 0 Å². The summed E-state index contributed by atoms with van der Waals surface area (Å²) in [6, 6.07) is 0. The van der Waals surface area contributed by atoms with Crippen molar-refractivity contribution in [1.82, 2.24) is 15.3 Å². The van der Waals surface area contributed by atoms with Gasteiger partial charge in [-0.05, 0) is 57.2 Å². The Morgan fingerprint density at radius 3 is 3.16 bits per heavy atom. The average molecular weight is 261 g/mol. The summed E-state index contributed by atoms with van der Waals surface area (Å²) in [6.07, 6.45) is 7.83. The van der Waals surface area contributed by atoms with Gasteiger partial charge < -0.3 is 10.1 Å². The number of ether oxygens (including phenoxy) is 1. The molecule has 1 N–H and O–H groups in total. The van der Waals surface area contributed by atoms with Crippen LogP contribution in [0.25, 0.3) is 0 Å². The summed E-state index contributed by atoms with van der Waals surface area (Å²) in [6.45, 7) is 2.78. The highest BCUT2D eigenvalue weighted by Gasteiger charge is 2.23. The molecule has 1 aromatic rings. The van der Waals surface area contributed by atoms with Gasteiger partial charge in [-0.15, -0.1) is 0 Å². The van der Waals surface area contributed by atoms with E-state index in [0.29, 0.717) is 5.92 Å². The number of hydrogen-bond donors (Lipinski definition) is 1. The molecule has 104 valence electrons. The summed E-state index contributed by atoms with van der Waals surface area (Å²) < 4.78 is 5.54. The van der Waals surface area contributed by atoms with Gasteiger partial charge in [0.15, 0.2) is 0 Å². The molecule has 0 aromatic carbocycles. The monoisotopic (exact) mass is 261 g/mol. The Morgan fingerprint density at radius 1 is 1.42 bits per heavy atom. The zero-order valence-corrected chi connectivity index (χ0v) is 11.7. The van der Waals surface area contributed by atoms with Gasteiger partial charge in [0.1, 0.15) is 5.82 Å². The fraction of sp³-hybridized carbons (Fsp3) is 0.733. The Bertz CT molecular complexity index is 429. The molecule has 0 radical (unpaired) electrons. The number of fused-ring (bicyclic) bond motifs is 1. The fourth-order valence-electron chi connectivity index (χ4n) is 3.20. The zero-order chi connectivity index (χ0) is 13.1. The number of aromatic nitrogens is 2. The molecular weight excluding hydrogens is 238 g/mol. The SMILES string of the molecule is CNCC1CCc2nc(C3CCCOC3)ncc2C1. The summed E-state index contributed by atoms with van der Waals surface area (Å²) in [5.74, 6) is 2.16. The normalized spacial score (nSPS) is 27.0. The fourth-order valence-corrected chi connectivity index (χ4v) is 3.20. The first-order valence-corrected chi connectivity index (χ1v) is 7.44. The lowest BCUT2D eigenvalue weighted by Gasteiger charge is -2.25. The van der Waals surface area contributed by atoms with Crippen LogP contribution >= 0.6 is 0 Å². The Labute approximate surface area is 115 Å². The van der Waals surface area contributed by atoms with E-state index in [0.717, 1.165) is 50.8 Å². The van der Waals surface area contributed by atoms with Crippen LogP contribution in [0.5, 0.6) is 0 Å². The lowest BCUT2D eigenvalue weighted by Crippen LogP contribution is -2.26. The minimum Gasteiger partial charge on any atom is -0.381 e. The average Bonchev–Trinajstić information content (AvgIpc) is 2.48. The summed E-state index contributed by atoms with van der Waals surface area (Å²) >= 11 is 0. The molecule has 2 heterocycles. The van der Waals surface area contributed by atoms with Crippen molar-refractivity contribution in [2.24, 2.45) is 5.92 Å². The van der Waals surface area contributed by atoms with E-state index in [1.54, 1.807) is 0 Å². The number of nitrogens with one attached hydrogen (secondary N) is 1. The van der Waals surface area contributed by atoms with E-state index < -0.39 is 0 Å². The van der Waals surface area contributed by atoms with Crippen LogP contribution < -0.4 is 5.32 Å². The molecule has 1 aliphatic carbocycles. The van der Waals surface area contributed by atoms with Crippen molar-refractivity contribution in [3.8, 4) is 0 Å². The van der Waals surface area contributed by atoms with Crippen LogP contribution in [0.3, 0.4) is 0 Å². The maximum atomic E-state index is 5.54. The molecule has 1 fully saturated rings. The van der Waals surface area contributed by atoms with Gasteiger partial charge in [0.25, 0.3) is 0 Å². The van der Waals surface area contributed by atoms with Crippen molar-refractivity contribution >= 4 is 0 Å². The molecular formula is C15H23N3O. The molecule has 3 rings (SSSR count). The molecule has 2 aliphatic rings. The highest BCUT2D eigenvalue weighted by atomic mass is 16.5. The summed E-state index contributed by atoms with van der Waals surface area (Å²) in [4.78, 5) is 9.42. The van der Waals surface area contributed by atoms with Crippen molar-refractivity contribution in [3.05, 3.63) is 23.3 Å². The molecule has 2 unspecified atom stereocenters. The van der Waals surface area contributed by atoms with Crippen molar-refractivity contribution < 1.29 is 4.74 Å². The Balaban J connectivity index is 1.73. The molecule has 19 heavy (non-hydrogen) atoms. The van der Waals surface area contributed by atoms with Crippen LogP contribution in [0.1, 0.15) is 42.3 Å². The van der Waals surface area contributed by atoms with Crippen LogP contribution in [0.15, 0.2) is 6.20 Å². The lowest BCUT2D eigenvalue weighted by molar-refractivity contribution is 0.0779. The largest absolute Gasteiger partial charge is 0.381 e. The molecule has 1 aromatic heterocycles. The van der Waals surface area contributed by atoms with Crippen LogP contribution in [0, 0.1) is 5.92 Å². The van der Waals surface area contributed by atoms with Gasteiger partial charge in [-0.2, -0.15) is 0 Å². The molecule has 4 heteroatoms. The summed E-state index contributed by atoms with van der Waals surface area (Å²) in [7, 11) is 2.03. The van der Waals surface area contributed by atoms with E-state index in [1.165, 1.54) is 24.1 Å². The third-order valence-corrected chi connectivity index (χ3v) is 4.29. The Morgan fingerprint density at radius 2 is 2.37 bits per heavy atom. The highest BCUT2D eigenvalue weighted by Crippen LogP contribution is 2.27. The second kappa shape index (κ2) is 5.97. The molecule has 0 amide bonds. The van der Waals surface area contributed by atoms with E-state index in [-0.39, 0.29) is 0 Å². The van der Waals surface area contributed by atoms with Crippen molar-refractivity contribution in [2.75, 3.05) is 26.8 Å².